The zero-order valence-electron chi connectivity index (χ0n) is 16.6. The highest BCUT2D eigenvalue weighted by Crippen LogP contribution is 2.41. The van der Waals surface area contributed by atoms with Gasteiger partial charge in [-0.3, -0.25) is 4.79 Å². The molecule has 0 bridgehead atoms. The summed E-state index contributed by atoms with van der Waals surface area (Å²) >= 11 is 0. The summed E-state index contributed by atoms with van der Waals surface area (Å²) < 4.78 is 0. The Hall–Kier alpha value is -2.63. The number of benzene rings is 1. The molecule has 4 rings (SSSR count). The number of piperidine rings is 1. The van der Waals surface area contributed by atoms with E-state index in [4.69, 9.17) is 5.73 Å². The fraction of sp³-hybridized carbons (Fsp3) is 0.500. The molecular formula is C22H29N5O. The molecule has 0 saturated carbocycles. The van der Waals surface area contributed by atoms with Gasteiger partial charge < -0.3 is 15.5 Å². The molecule has 2 N–H and O–H groups in total. The predicted molar refractivity (Wildman–Crippen MR) is 111 cm³/mol. The summed E-state index contributed by atoms with van der Waals surface area (Å²) in [5, 5.41) is 0. The Morgan fingerprint density at radius 2 is 1.89 bits per heavy atom. The smallest absolute Gasteiger partial charge is 0.223 e. The summed E-state index contributed by atoms with van der Waals surface area (Å²) in [6.07, 6.45) is 4.79. The van der Waals surface area contributed by atoms with Gasteiger partial charge in [-0.15, -0.1) is 0 Å². The van der Waals surface area contributed by atoms with Gasteiger partial charge >= 0.3 is 0 Å². The topological polar surface area (TPSA) is 75.4 Å². The Labute approximate surface area is 166 Å². The molecule has 1 aromatic carbocycles. The van der Waals surface area contributed by atoms with Crippen LogP contribution in [0.4, 0.5) is 11.8 Å². The van der Waals surface area contributed by atoms with E-state index in [9.17, 15) is 4.79 Å². The minimum Gasteiger partial charge on any atom is -0.368 e. The first-order valence-electron chi connectivity index (χ1n) is 10.2. The van der Waals surface area contributed by atoms with E-state index in [1.807, 2.05) is 19.1 Å². The van der Waals surface area contributed by atoms with Crippen molar-refractivity contribution in [2.75, 3.05) is 36.8 Å². The summed E-state index contributed by atoms with van der Waals surface area (Å²) in [5.74, 6) is 1.56. The highest BCUT2D eigenvalue weighted by molar-refractivity contribution is 5.79. The Morgan fingerprint density at radius 3 is 2.61 bits per heavy atom. The Bertz CT molecular complexity index is 810. The number of amides is 1. The molecule has 6 nitrogen and oxygen atoms in total. The average Bonchev–Trinajstić information content (AvgIpc) is 2.97. The zero-order chi connectivity index (χ0) is 19.6. The molecule has 1 aromatic heterocycles. The molecule has 1 spiro atoms. The van der Waals surface area contributed by atoms with E-state index >= 15 is 0 Å². The summed E-state index contributed by atoms with van der Waals surface area (Å²) in [7, 11) is 0. The standard InChI is InChI=1S/C22H29N5O/c1-17-14-19(25-21(23)24-17)26-12-9-22(10-13-26)15-20(28)27(16-22)11-5-8-18-6-3-2-4-7-18/h2-4,6-7,14H,5,8-13,15-16H2,1H3,(H2,23,24,25). The van der Waals surface area contributed by atoms with Gasteiger partial charge in [0.1, 0.15) is 5.82 Å². The fourth-order valence-electron chi connectivity index (χ4n) is 4.59. The van der Waals surface area contributed by atoms with Crippen molar-refractivity contribution in [3.63, 3.8) is 0 Å². The van der Waals surface area contributed by atoms with E-state index in [2.05, 4.69) is 44.0 Å². The van der Waals surface area contributed by atoms with Gasteiger partial charge in [-0.25, -0.2) is 4.98 Å². The Kier molecular flexibility index (Phi) is 5.20. The summed E-state index contributed by atoms with van der Waals surface area (Å²) in [6.45, 7) is 5.54. The van der Waals surface area contributed by atoms with Gasteiger partial charge in [-0.2, -0.15) is 4.98 Å². The number of aryl methyl sites for hydroxylation is 2. The monoisotopic (exact) mass is 379 g/mol. The van der Waals surface area contributed by atoms with Crippen molar-refractivity contribution >= 4 is 17.7 Å². The molecule has 2 aliphatic rings. The number of anilines is 2. The number of nitrogen functional groups attached to an aromatic ring is 1. The van der Waals surface area contributed by atoms with E-state index in [-0.39, 0.29) is 5.41 Å². The molecule has 3 heterocycles. The average molecular weight is 380 g/mol. The number of aromatic nitrogens is 2. The predicted octanol–water partition coefficient (Wildman–Crippen LogP) is 2.82. The third kappa shape index (κ3) is 4.11. The number of likely N-dealkylation sites (tertiary alicyclic amines) is 1. The molecule has 148 valence electrons. The molecule has 0 atom stereocenters. The molecule has 28 heavy (non-hydrogen) atoms. The lowest BCUT2D eigenvalue weighted by Crippen LogP contribution is -2.42. The van der Waals surface area contributed by atoms with Gasteiger partial charge in [-0.1, -0.05) is 30.3 Å². The SMILES string of the molecule is Cc1cc(N2CCC3(CC2)CC(=O)N(CCCc2ccccc2)C3)nc(N)n1. The minimum atomic E-state index is 0.133. The van der Waals surface area contributed by atoms with Crippen LogP contribution in [-0.4, -0.2) is 47.0 Å². The summed E-state index contributed by atoms with van der Waals surface area (Å²) in [4.78, 5) is 25.5. The quantitative estimate of drug-likeness (QED) is 0.865. The van der Waals surface area contributed by atoms with Gasteiger partial charge in [-0.05, 0) is 38.2 Å². The molecule has 2 aliphatic heterocycles. The third-order valence-electron chi connectivity index (χ3n) is 6.15. The zero-order valence-corrected chi connectivity index (χ0v) is 16.6. The highest BCUT2D eigenvalue weighted by Gasteiger charge is 2.44. The van der Waals surface area contributed by atoms with Crippen LogP contribution < -0.4 is 10.6 Å². The Balaban J connectivity index is 1.31. The van der Waals surface area contributed by atoms with Gasteiger partial charge in [0.05, 0.1) is 0 Å². The first kappa shape index (κ1) is 18.7. The second-order valence-corrected chi connectivity index (χ2v) is 8.29. The molecule has 2 fully saturated rings. The molecule has 6 heteroatoms. The molecule has 2 aromatic rings. The van der Waals surface area contributed by atoms with Crippen LogP contribution in [-0.2, 0) is 11.2 Å². The lowest BCUT2D eigenvalue weighted by atomic mass is 9.77. The van der Waals surface area contributed by atoms with E-state index in [0.29, 0.717) is 18.3 Å². The second kappa shape index (κ2) is 7.78. The van der Waals surface area contributed by atoms with Crippen LogP contribution >= 0.6 is 0 Å². The molecule has 0 aliphatic carbocycles. The highest BCUT2D eigenvalue weighted by atomic mass is 16.2. The van der Waals surface area contributed by atoms with Crippen LogP contribution in [0.25, 0.3) is 0 Å². The number of nitrogens with two attached hydrogens (primary N) is 1. The number of hydrogen-bond acceptors (Lipinski definition) is 5. The van der Waals surface area contributed by atoms with Crippen LogP contribution in [0.15, 0.2) is 36.4 Å². The van der Waals surface area contributed by atoms with Crippen LogP contribution in [0, 0.1) is 12.3 Å². The van der Waals surface area contributed by atoms with Crippen molar-refractivity contribution in [1.29, 1.82) is 0 Å². The van der Waals surface area contributed by atoms with E-state index in [1.165, 1.54) is 5.56 Å². The molecule has 1 amide bonds. The second-order valence-electron chi connectivity index (χ2n) is 8.29. The van der Waals surface area contributed by atoms with Crippen molar-refractivity contribution in [2.45, 2.75) is 39.0 Å². The Morgan fingerprint density at radius 1 is 1.14 bits per heavy atom. The normalized spacial score (nSPS) is 18.8. The van der Waals surface area contributed by atoms with E-state index < -0.39 is 0 Å². The number of carbonyl (C=O) groups is 1. The van der Waals surface area contributed by atoms with Gasteiger partial charge in [0.25, 0.3) is 0 Å². The van der Waals surface area contributed by atoms with Crippen molar-refractivity contribution in [1.82, 2.24) is 14.9 Å². The van der Waals surface area contributed by atoms with Gasteiger partial charge in [0, 0.05) is 49.8 Å². The van der Waals surface area contributed by atoms with Crippen molar-refractivity contribution in [3.05, 3.63) is 47.7 Å². The van der Waals surface area contributed by atoms with E-state index in [1.54, 1.807) is 0 Å². The number of carbonyl (C=O) groups excluding carboxylic acids is 1. The van der Waals surface area contributed by atoms with E-state index in [0.717, 1.165) is 63.4 Å². The first-order chi connectivity index (χ1) is 13.5. The summed E-state index contributed by atoms with van der Waals surface area (Å²) in [5.41, 5.74) is 8.18. The summed E-state index contributed by atoms with van der Waals surface area (Å²) in [6, 6.07) is 12.5. The molecule has 0 unspecified atom stereocenters. The molecular weight excluding hydrogens is 350 g/mol. The number of nitrogens with zero attached hydrogens (tertiary/aromatic N) is 4. The number of rotatable bonds is 5. The van der Waals surface area contributed by atoms with Crippen LogP contribution in [0.3, 0.4) is 0 Å². The maximum Gasteiger partial charge on any atom is 0.223 e. The lowest BCUT2D eigenvalue weighted by molar-refractivity contribution is -0.127. The molecule has 0 radical (unpaired) electrons. The van der Waals surface area contributed by atoms with Gasteiger partial charge in [0.15, 0.2) is 0 Å². The third-order valence-corrected chi connectivity index (χ3v) is 6.15. The van der Waals surface area contributed by atoms with Gasteiger partial charge in [0.2, 0.25) is 11.9 Å². The van der Waals surface area contributed by atoms with Crippen molar-refractivity contribution in [3.8, 4) is 0 Å². The van der Waals surface area contributed by atoms with Crippen LogP contribution in [0.5, 0.6) is 0 Å². The maximum atomic E-state index is 12.6. The maximum absolute atomic E-state index is 12.6. The fourth-order valence-corrected chi connectivity index (χ4v) is 4.59. The van der Waals surface area contributed by atoms with Crippen LogP contribution in [0.2, 0.25) is 0 Å². The lowest BCUT2D eigenvalue weighted by Gasteiger charge is -2.39. The van der Waals surface area contributed by atoms with Crippen molar-refractivity contribution < 1.29 is 4.79 Å². The number of hydrogen-bond donors (Lipinski definition) is 1. The largest absolute Gasteiger partial charge is 0.368 e. The minimum absolute atomic E-state index is 0.133. The van der Waals surface area contributed by atoms with Crippen LogP contribution in [0.1, 0.15) is 36.9 Å². The molecule has 2 saturated heterocycles. The first-order valence-corrected chi connectivity index (χ1v) is 10.2. The van der Waals surface area contributed by atoms with Crippen molar-refractivity contribution in [2.24, 2.45) is 5.41 Å².